The molecule has 0 spiro atoms. The number of carbonyl (C=O) groups is 1. The minimum atomic E-state index is -0.567. The first kappa shape index (κ1) is 10.1. The van der Waals surface area contributed by atoms with Gasteiger partial charge in [0.2, 0.25) is 5.91 Å². The number of carbonyl (C=O) groups excluding carboxylic acids is 1. The fourth-order valence-corrected chi connectivity index (χ4v) is 2.36. The van der Waals surface area contributed by atoms with Gasteiger partial charge in [-0.05, 0) is 19.2 Å². The maximum atomic E-state index is 11.8. The molecule has 1 amide bonds. The molecule has 0 aromatic heterocycles. The van der Waals surface area contributed by atoms with E-state index in [1.807, 2.05) is 25.3 Å². The summed E-state index contributed by atoms with van der Waals surface area (Å²) in [6, 6.07) is 7.50. The van der Waals surface area contributed by atoms with Crippen LogP contribution in [0.3, 0.4) is 0 Å². The summed E-state index contributed by atoms with van der Waals surface area (Å²) >= 11 is 1.48. The van der Waals surface area contributed by atoms with Crippen molar-refractivity contribution in [2.75, 3.05) is 11.6 Å². The van der Waals surface area contributed by atoms with Crippen molar-refractivity contribution >= 4 is 23.4 Å². The quantitative estimate of drug-likeness (QED) is 0.785. The van der Waals surface area contributed by atoms with Gasteiger partial charge >= 0.3 is 0 Å². The first-order valence-electron chi connectivity index (χ1n) is 4.53. The number of nitriles is 1. The van der Waals surface area contributed by atoms with Crippen LogP contribution in [0.4, 0.5) is 5.69 Å². The Bertz CT molecular complexity index is 478. The molecule has 1 aromatic rings. The minimum Gasteiger partial charge on any atom is -0.323 e. The molecule has 0 bridgehead atoms. The summed E-state index contributed by atoms with van der Waals surface area (Å²) in [7, 11) is 0. The van der Waals surface area contributed by atoms with E-state index in [1.54, 1.807) is 6.07 Å². The van der Waals surface area contributed by atoms with E-state index in [0.717, 1.165) is 5.56 Å². The van der Waals surface area contributed by atoms with E-state index in [2.05, 4.69) is 11.4 Å². The number of anilines is 1. The second kappa shape index (κ2) is 3.28. The molecule has 1 aliphatic rings. The summed E-state index contributed by atoms with van der Waals surface area (Å²) in [6.45, 7) is 1.87. The summed E-state index contributed by atoms with van der Waals surface area (Å²) in [5.74, 6) is -0.0484. The number of benzene rings is 1. The molecule has 0 radical (unpaired) electrons. The zero-order chi connectivity index (χ0) is 11.1. The summed E-state index contributed by atoms with van der Waals surface area (Å²) in [5.41, 5.74) is 2.10. The van der Waals surface area contributed by atoms with Crippen LogP contribution in [0.15, 0.2) is 18.2 Å². The zero-order valence-corrected chi connectivity index (χ0v) is 9.31. The minimum absolute atomic E-state index is 0.0484. The Morgan fingerprint density at radius 1 is 1.53 bits per heavy atom. The van der Waals surface area contributed by atoms with Gasteiger partial charge in [-0.3, -0.25) is 4.79 Å². The zero-order valence-electron chi connectivity index (χ0n) is 8.50. The third-order valence-electron chi connectivity index (χ3n) is 2.78. The highest BCUT2D eigenvalue weighted by molar-refractivity contribution is 8.00. The standard InChI is InChI=1S/C11H10N2OS/c1-11(15-2)8-5-3-4-7(6-12)9(8)13-10(11)14/h3-5H,1-2H3,(H,13,14)/t11-/m1/s1. The molecule has 15 heavy (non-hydrogen) atoms. The molecule has 1 atom stereocenters. The molecule has 0 unspecified atom stereocenters. The van der Waals surface area contributed by atoms with Gasteiger partial charge in [0, 0.05) is 5.56 Å². The molecule has 0 saturated heterocycles. The lowest BCUT2D eigenvalue weighted by atomic mass is 10.00. The Kier molecular flexibility index (Phi) is 2.20. The molecule has 1 aliphatic heterocycles. The van der Waals surface area contributed by atoms with Crippen molar-refractivity contribution in [3.63, 3.8) is 0 Å². The van der Waals surface area contributed by atoms with Gasteiger partial charge in [0.25, 0.3) is 0 Å². The van der Waals surface area contributed by atoms with Crippen LogP contribution in [0.5, 0.6) is 0 Å². The SMILES string of the molecule is CS[C@@]1(C)C(=O)Nc2c(C#N)cccc21. The molecule has 3 nitrogen and oxygen atoms in total. The van der Waals surface area contributed by atoms with Gasteiger partial charge in [-0.15, -0.1) is 11.8 Å². The molecule has 2 rings (SSSR count). The van der Waals surface area contributed by atoms with Gasteiger partial charge in [-0.2, -0.15) is 5.26 Å². The first-order chi connectivity index (χ1) is 7.13. The molecule has 1 aromatic carbocycles. The highest BCUT2D eigenvalue weighted by Crippen LogP contribution is 2.45. The van der Waals surface area contributed by atoms with Gasteiger partial charge in [-0.25, -0.2) is 0 Å². The number of para-hydroxylation sites is 1. The molecule has 1 heterocycles. The van der Waals surface area contributed by atoms with Crippen LogP contribution in [0.2, 0.25) is 0 Å². The lowest BCUT2D eigenvalue weighted by Gasteiger charge is -2.18. The number of amides is 1. The molecule has 0 saturated carbocycles. The van der Waals surface area contributed by atoms with Gasteiger partial charge in [0.1, 0.15) is 10.8 Å². The van der Waals surface area contributed by atoms with Crippen LogP contribution in [-0.2, 0) is 9.54 Å². The van der Waals surface area contributed by atoms with Crippen molar-refractivity contribution in [2.24, 2.45) is 0 Å². The summed E-state index contributed by atoms with van der Waals surface area (Å²) in [5, 5.41) is 11.7. The fraction of sp³-hybridized carbons (Fsp3) is 0.273. The lowest BCUT2D eigenvalue weighted by molar-refractivity contribution is -0.117. The Morgan fingerprint density at radius 3 is 2.87 bits per heavy atom. The van der Waals surface area contributed by atoms with Crippen LogP contribution in [-0.4, -0.2) is 12.2 Å². The summed E-state index contributed by atoms with van der Waals surface area (Å²) < 4.78 is -0.567. The number of hydrogen-bond acceptors (Lipinski definition) is 3. The average molecular weight is 218 g/mol. The predicted octanol–water partition coefficient (Wildman–Crippen LogP) is 2.09. The molecule has 1 N–H and O–H groups in total. The summed E-state index contributed by atoms with van der Waals surface area (Å²) in [4.78, 5) is 11.8. The smallest absolute Gasteiger partial charge is 0.244 e. The van der Waals surface area contributed by atoms with Crippen LogP contribution in [0, 0.1) is 11.3 Å². The van der Waals surface area contributed by atoms with E-state index in [1.165, 1.54) is 11.8 Å². The van der Waals surface area contributed by atoms with E-state index >= 15 is 0 Å². The van der Waals surface area contributed by atoms with Crippen molar-refractivity contribution in [3.8, 4) is 6.07 Å². The Morgan fingerprint density at radius 2 is 2.27 bits per heavy atom. The maximum Gasteiger partial charge on any atom is 0.244 e. The van der Waals surface area contributed by atoms with Crippen LogP contribution in [0.25, 0.3) is 0 Å². The third kappa shape index (κ3) is 1.24. The molecular weight excluding hydrogens is 208 g/mol. The second-order valence-corrected chi connectivity index (χ2v) is 4.76. The van der Waals surface area contributed by atoms with Gasteiger partial charge in [0.05, 0.1) is 11.3 Å². The number of hydrogen-bond donors (Lipinski definition) is 1. The number of thioether (sulfide) groups is 1. The molecule has 0 aliphatic carbocycles. The van der Waals surface area contributed by atoms with E-state index in [0.29, 0.717) is 11.3 Å². The van der Waals surface area contributed by atoms with E-state index in [-0.39, 0.29) is 5.91 Å². The predicted molar refractivity (Wildman–Crippen MR) is 60.7 cm³/mol. The van der Waals surface area contributed by atoms with Gasteiger partial charge < -0.3 is 5.32 Å². The highest BCUT2D eigenvalue weighted by Gasteiger charge is 2.42. The number of nitrogens with one attached hydrogen (secondary N) is 1. The Balaban J connectivity index is 2.68. The normalized spacial score (nSPS) is 23.1. The molecule has 4 heteroatoms. The van der Waals surface area contributed by atoms with Crippen molar-refractivity contribution in [1.82, 2.24) is 0 Å². The van der Waals surface area contributed by atoms with Gasteiger partial charge in [0.15, 0.2) is 0 Å². The van der Waals surface area contributed by atoms with Crippen LogP contribution in [0.1, 0.15) is 18.1 Å². The molecular formula is C11H10N2OS. The lowest BCUT2D eigenvalue weighted by Crippen LogP contribution is -2.26. The largest absolute Gasteiger partial charge is 0.323 e. The number of fused-ring (bicyclic) bond motifs is 1. The number of rotatable bonds is 1. The summed E-state index contributed by atoms with van der Waals surface area (Å²) in [6.07, 6.45) is 1.90. The van der Waals surface area contributed by atoms with Crippen molar-refractivity contribution in [2.45, 2.75) is 11.7 Å². The van der Waals surface area contributed by atoms with Crippen molar-refractivity contribution < 1.29 is 4.79 Å². The second-order valence-electron chi connectivity index (χ2n) is 3.53. The van der Waals surface area contributed by atoms with Crippen molar-refractivity contribution in [1.29, 1.82) is 5.26 Å². The highest BCUT2D eigenvalue weighted by atomic mass is 32.2. The Labute approximate surface area is 92.5 Å². The van der Waals surface area contributed by atoms with Crippen LogP contribution >= 0.6 is 11.8 Å². The first-order valence-corrected chi connectivity index (χ1v) is 5.76. The van der Waals surface area contributed by atoms with E-state index in [4.69, 9.17) is 5.26 Å². The van der Waals surface area contributed by atoms with Gasteiger partial charge in [-0.1, -0.05) is 12.1 Å². The van der Waals surface area contributed by atoms with E-state index in [9.17, 15) is 4.79 Å². The average Bonchev–Trinajstić information content (AvgIpc) is 2.52. The van der Waals surface area contributed by atoms with E-state index < -0.39 is 4.75 Å². The fourth-order valence-electron chi connectivity index (χ4n) is 1.74. The Hall–Kier alpha value is -1.47. The van der Waals surface area contributed by atoms with Crippen LogP contribution < -0.4 is 5.32 Å². The monoisotopic (exact) mass is 218 g/mol. The molecule has 0 fully saturated rings. The third-order valence-corrected chi connectivity index (χ3v) is 4.00. The number of nitrogens with zero attached hydrogens (tertiary/aromatic N) is 1. The van der Waals surface area contributed by atoms with Crippen molar-refractivity contribution in [3.05, 3.63) is 29.3 Å². The maximum absolute atomic E-state index is 11.8. The molecule has 76 valence electrons. The topological polar surface area (TPSA) is 52.9 Å².